The van der Waals surface area contributed by atoms with Crippen molar-refractivity contribution in [2.24, 2.45) is 0 Å². The van der Waals surface area contributed by atoms with Crippen molar-refractivity contribution in [1.82, 2.24) is 9.21 Å². The molecule has 1 amide bonds. The van der Waals surface area contributed by atoms with Crippen LogP contribution in [0.15, 0.2) is 53.4 Å². The molecule has 1 atom stereocenters. The minimum atomic E-state index is -3.70. The number of carbonyl (C=O) groups excluding carboxylic acids is 1. The van der Waals surface area contributed by atoms with E-state index in [1.54, 1.807) is 13.0 Å². The van der Waals surface area contributed by atoms with Crippen molar-refractivity contribution >= 4 is 21.6 Å². The molecule has 150 valence electrons. The molecule has 0 saturated carbocycles. The maximum absolute atomic E-state index is 13.2. The molecule has 1 aliphatic rings. The predicted octanol–water partition coefficient (Wildman–Crippen LogP) is 2.30. The number of hydrogen-bond acceptors (Lipinski definition) is 4. The first-order valence-electron chi connectivity index (χ1n) is 8.83. The molecule has 0 bridgehead atoms. The lowest BCUT2D eigenvalue weighted by atomic mass is 10.2. The normalized spacial score (nSPS) is 17.2. The van der Waals surface area contributed by atoms with Gasteiger partial charge in [-0.1, -0.05) is 6.07 Å². The molecule has 2 aromatic rings. The Labute approximate surface area is 162 Å². The van der Waals surface area contributed by atoms with Crippen LogP contribution in [0.5, 0.6) is 0 Å². The second kappa shape index (κ2) is 8.34. The molecular weight excluding hydrogens is 388 g/mol. The van der Waals surface area contributed by atoms with Gasteiger partial charge in [-0.25, -0.2) is 17.2 Å². The molecule has 0 spiro atoms. The van der Waals surface area contributed by atoms with Gasteiger partial charge in [0.25, 0.3) is 0 Å². The van der Waals surface area contributed by atoms with E-state index in [9.17, 15) is 22.0 Å². The van der Waals surface area contributed by atoms with E-state index < -0.39 is 27.7 Å². The number of sulfonamides is 1. The van der Waals surface area contributed by atoms with Gasteiger partial charge in [-0.2, -0.15) is 4.31 Å². The zero-order chi connectivity index (χ0) is 20.3. The minimum Gasteiger partial charge on any atom is -0.325 e. The number of anilines is 1. The zero-order valence-electron chi connectivity index (χ0n) is 15.3. The van der Waals surface area contributed by atoms with Gasteiger partial charge in [0.1, 0.15) is 11.6 Å². The molecule has 1 N–H and O–H groups in total. The molecule has 0 aliphatic carbocycles. The van der Waals surface area contributed by atoms with Crippen molar-refractivity contribution in [3.05, 3.63) is 60.2 Å². The number of carbonyl (C=O) groups is 1. The summed E-state index contributed by atoms with van der Waals surface area (Å²) >= 11 is 0. The number of halogens is 2. The predicted molar refractivity (Wildman–Crippen MR) is 101 cm³/mol. The summed E-state index contributed by atoms with van der Waals surface area (Å²) in [7, 11) is -3.70. The summed E-state index contributed by atoms with van der Waals surface area (Å²) in [6, 6.07) is 9.84. The van der Waals surface area contributed by atoms with E-state index in [0.29, 0.717) is 18.8 Å². The highest BCUT2D eigenvalue weighted by Gasteiger charge is 2.31. The Balaban J connectivity index is 1.59. The first-order chi connectivity index (χ1) is 13.3. The Morgan fingerprint density at radius 1 is 1.00 bits per heavy atom. The maximum atomic E-state index is 13.2. The zero-order valence-corrected chi connectivity index (χ0v) is 16.1. The second-order valence-corrected chi connectivity index (χ2v) is 8.51. The van der Waals surface area contributed by atoms with Crippen LogP contribution in [0.4, 0.5) is 14.5 Å². The molecular formula is C19H21F2N3O3S. The Kier molecular flexibility index (Phi) is 6.07. The standard InChI is InChI=1S/C19H21F2N3O3S/c1-14(19(25)22-17-4-2-3-16(21)13-17)23-9-11-24(12-10-23)28(26,27)18-7-5-15(20)6-8-18/h2-8,13-14H,9-12H2,1H3,(H,22,25)/t14-/m0/s1. The summed E-state index contributed by atoms with van der Waals surface area (Å²) in [5.41, 5.74) is 0.370. The van der Waals surface area contributed by atoms with Crippen LogP contribution >= 0.6 is 0 Å². The fourth-order valence-electron chi connectivity index (χ4n) is 3.07. The molecule has 28 heavy (non-hydrogen) atoms. The van der Waals surface area contributed by atoms with Crippen molar-refractivity contribution in [3.63, 3.8) is 0 Å². The molecule has 0 unspecified atom stereocenters. The van der Waals surface area contributed by atoms with Gasteiger partial charge in [0.15, 0.2) is 0 Å². The van der Waals surface area contributed by atoms with Crippen molar-refractivity contribution in [3.8, 4) is 0 Å². The largest absolute Gasteiger partial charge is 0.325 e. The van der Waals surface area contributed by atoms with Gasteiger partial charge >= 0.3 is 0 Å². The highest BCUT2D eigenvalue weighted by Crippen LogP contribution is 2.19. The molecule has 9 heteroatoms. The van der Waals surface area contributed by atoms with E-state index in [4.69, 9.17) is 0 Å². The van der Waals surface area contributed by atoms with Crippen molar-refractivity contribution in [2.45, 2.75) is 17.9 Å². The summed E-state index contributed by atoms with van der Waals surface area (Å²) < 4.78 is 52.9. The molecule has 1 saturated heterocycles. The number of piperazine rings is 1. The monoisotopic (exact) mass is 409 g/mol. The maximum Gasteiger partial charge on any atom is 0.243 e. The molecule has 0 radical (unpaired) electrons. The molecule has 2 aromatic carbocycles. The summed E-state index contributed by atoms with van der Waals surface area (Å²) in [5, 5.41) is 2.66. The van der Waals surface area contributed by atoms with Gasteiger partial charge in [0.05, 0.1) is 10.9 Å². The highest BCUT2D eigenvalue weighted by molar-refractivity contribution is 7.89. The number of nitrogens with one attached hydrogen (secondary N) is 1. The third-order valence-electron chi connectivity index (χ3n) is 4.74. The number of hydrogen-bond donors (Lipinski definition) is 1. The van der Waals surface area contributed by atoms with Gasteiger partial charge in [-0.15, -0.1) is 0 Å². The third-order valence-corrected chi connectivity index (χ3v) is 6.66. The van der Waals surface area contributed by atoms with Crippen molar-refractivity contribution < 1.29 is 22.0 Å². The first-order valence-corrected chi connectivity index (χ1v) is 10.3. The van der Waals surface area contributed by atoms with Gasteiger partial charge < -0.3 is 5.32 Å². The Hall–Kier alpha value is -2.36. The van der Waals surface area contributed by atoms with E-state index in [1.807, 2.05) is 4.90 Å². The molecule has 1 aliphatic heterocycles. The van der Waals surface area contributed by atoms with E-state index in [1.165, 1.54) is 34.6 Å². The van der Waals surface area contributed by atoms with Crippen molar-refractivity contribution in [2.75, 3.05) is 31.5 Å². The van der Waals surface area contributed by atoms with E-state index in [0.717, 1.165) is 12.1 Å². The topological polar surface area (TPSA) is 69.7 Å². The lowest BCUT2D eigenvalue weighted by molar-refractivity contribution is -0.121. The first kappa shape index (κ1) is 20.4. The van der Waals surface area contributed by atoms with Crippen LogP contribution in [-0.2, 0) is 14.8 Å². The number of benzene rings is 2. The molecule has 3 rings (SSSR count). The molecule has 1 heterocycles. The Morgan fingerprint density at radius 3 is 2.25 bits per heavy atom. The fraction of sp³-hybridized carbons (Fsp3) is 0.316. The minimum absolute atomic E-state index is 0.0410. The SMILES string of the molecule is C[C@@H](C(=O)Nc1cccc(F)c1)N1CCN(S(=O)(=O)c2ccc(F)cc2)CC1. The van der Waals surface area contributed by atoms with E-state index >= 15 is 0 Å². The number of rotatable bonds is 5. The molecule has 6 nitrogen and oxygen atoms in total. The quantitative estimate of drug-likeness (QED) is 0.823. The van der Waals surface area contributed by atoms with Crippen molar-refractivity contribution in [1.29, 1.82) is 0 Å². The summed E-state index contributed by atoms with van der Waals surface area (Å²) in [6.07, 6.45) is 0. The smallest absolute Gasteiger partial charge is 0.243 e. The molecule has 1 fully saturated rings. The number of amides is 1. The van der Waals surface area contributed by atoms with Crippen LogP contribution in [0.2, 0.25) is 0 Å². The van der Waals surface area contributed by atoms with Crippen LogP contribution in [0, 0.1) is 11.6 Å². The lowest BCUT2D eigenvalue weighted by Crippen LogP contribution is -2.53. The van der Waals surface area contributed by atoms with Gasteiger partial charge in [0, 0.05) is 31.9 Å². The number of nitrogens with zero attached hydrogens (tertiary/aromatic N) is 2. The average Bonchev–Trinajstić information content (AvgIpc) is 2.68. The van der Waals surface area contributed by atoms with Gasteiger partial charge in [0.2, 0.25) is 15.9 Å². The van der Waals surface area contributed by atoms with Crippen LogP contribution < -0.4 is 5.32 Å². The van der Waals surface area contributed by atoms with Gasteiger partial charge in [-0.05, 0) is 49.4 Å². The molecule has 0 aromatic heterocycles. The second-order valence-electron chi connectivity index (χ2n) is 6.57. The third kappa shape index (κ3) is 4.54. The van der Waals surface area contributed by atoms with Crippen LogP contribution in [0.1, 0.15) is 6.92 Å². The van der Waals surface area contributed by atoms with Crippen LogP contribution in [0.3, 0.4) is 0 Å². The Morgan fingerprint density at radius 2 is 1.64 bits per heavy atom. The fourth-order valence-corrected chi connectivity index (χ4v) is 4.49. The van der Waals surface area contributed by atoms with Crippen LogP contribution in [0.25, 0.3) is 0 Å². The van der Waals surface area contributed by atoms with E-state index in [-0.39, 0.29) is 23.9 Å². The Bertz CT molecular complexity index is 943. The summed E-state index contributed by atoms with van der Waals surface area (Å²) in [5.74, 6) is -1.23. The highest BCUT2D eigenvalue weighted by atomic mass is 32.2. The van der Waals surface area contributed by atoms with E-state index in [2.05, 4.69) is 5.32 Å². The average molecular weight is 409 g/mol. The summed E-state index contributed by atoms with van der Waals surface area (Å²) in [4.78, 5) is 14.3. The lowest BCUT2D eigenvalue weighted by Gasteiger charge is -2.36. The summed E-state index contributed by atoms with van der Waals surface area (Å²) in [6.45, 7) is 2.91. The van der Waals surface area contributed by atoms with Gasteiger partial charge in [-0.3, -0.25) is 9.69 Å². The van der Waals surface area contributed by atoms with Crippen LogP contribution in [-0.4, -0.2) is 55.8 Å².